The SMILES string of the molecule is CSC(C)CNC(=O)c1ccc(C#CCN)cc1. The highest BCUT2D eigenvalue weighted by atomic mass is 32.2. The minimum atomic E-state index is -0.0470. The Morgan fingerprint density at radius 3 is 2.67 bits per heavy atom. The molecule has 1 aromatic rings. The maximum Gasteiger partial charge on any atom is 0.251 e. The summed E-state index contributed by atoms with van der Waals surface area (Å²) in [5, 5.41) is 3.32. The molecular weight excluding hydrogens is 244 g/mol. The molecule has 0 saturated carbocycles. The fourth-order valence-corrected chi connectivity index (χ4v) is 1.53. The van der Waals surface area contributed by atoms with E-state index in [1.54, 1.807) is 23.9 Å². The molecule has 0 aromatic heterocycles. The summed E-state index contributed by atoms with van der Waals surface area (Å²) in [6.07, 6.45) is 2.03. The van der Waals surface area contributed by atoms with Crippen molar-refractivity contribution >= 4 is 17.7 Å². The molecule has 1 atom stereocenters. The van der Waals surface area contributed by atoms with Crippen molar-refractivity contribution in [2.75, 3.05) is 19.3 Å². The molecule has 18 heavy (non-hydrogen) atoms. The van der Waals surface area contributed by atoms with Gasteiger partial charge in [-0.1, -0.05) is 18.8 Å². The number of amides is 1. The van der Waals surface area contributed by atoms with Crippen LogP contribution in [0.2, 0.25) is 0 Å². The van der Waals surface area contributed by atoms with Crippen LogP contribution in [-0.4, -0.2) is 30.5 Å². The van der Waals surface area contributed by atoms with Gasteiger partial charge >= 0.3 is 0 Å². The maximum absolute atomic E-state index is 11.8. The van der Waals surface area contributed by atoms with Crippen molar-refractivity contribution in [3.63, 3.8) is 0 Å². The summed E-state index contributed by atoms with van der Waals surface area (Å²) in [6, 6.07) is 7.21. The Hall–Kier alpha value is -1.44. The first-order valence-corrected chi connectivity index (χ1v) is 7.06. The average Bonchev–Trinajstić information content (AvgIpc) is 2.42. The van der Waals surface area contributed by atoms with Crippen molar-refractivity contribution in [1.29, 1.82) is 0 Å². The van der Waals surface area contributed by atoms with Crippen LogP contribution in [0.25, 0.3) is 0 Å². The molecule has 1 unspecified atom stereocenters. The third-order valence-electron chi connectivity index (χ3n) is 2.43. The average molecular weight is 262 g/mol. The molecular formula is C14H18N2OS. The van der Waals surface area contributed by atoms with Crippen molar-refractivity contribution in [2.24, 2.45) is 5.73 Å². The first kappa shape index (κ1) is 14.6. The molecule has 0 aliphatic rings. The fourth-order valence-electron chi connectivity index (χ4n) is 1.28. The fraction of sp³-hybridized carbons (Fsp3) is 0.357. The van der Waals surface area contributed by atoms with Crippen molar-refractivity contribution in [3.05, 3.63) is 35.4 Å². The lowest BCUT2D eigenvalue weighted by molar-refractivity contribution is 0.0954. The lowest BCUT2D eigenvalue weighted by Gasteiger charge is -2.09. The highest BCUT2D eigenvalue weighted by Gasteiger charge is 2.06. The van der Waals surface area contributed by atoms with Gasteiger partial charge in [0, 0.05) is 22.9 Å². The third-order valence-corrected chi connectivity index (χ3v) is 3.41. The van der Waals surface area contributed by atoms with Crippen LogP contribution in [-0.2, 0) is 0 Å². The molecule has 0 aliphatic carbocycles. The number of benzene rings is 1. The van der Waals surface area contributed by atoms with E-state index in [0.29, 0.717) is 23.9 Å². The molecule has 0 radical (unpaired) electrons. The molecule has 0 saturated heterocycles. The Balaban J connectivity index is 2.59. The van der Waals surface area contributed by atoms with Gasteiger partial charge in [0.25, 0.3) is 5.91 Å². The van der Waals surface area contributed by atoms with Crippen LogP contribution in [0.5, 0.6) is 0 Å². The van der Waals surface area contributed by atoms with Crippen molar-refractivity contribution in [2.45, 2.75) is 12.2 Å². The van der Waals surface area contributed by atoms with Crippen molar-refractivity contribution in [1.82, 2.24) is 5.32 Å². The highest BCUT2D eigenvalue weighted by Crippen LogP contribution is 2.05. The Labute approximate surface area is 113 Å². The van der Waals surface area contributed by atoms with Gasteiger partial charge in [0.2, 0.25) is 0 Å². The van der Waals surface area contributed by atoms with Crippen LogP contribution in [0.3, 0.4) is 0 Å². The van der Waals surface area contributed by atoms with Gasteiger partial charge in [-0.15, -0.1) is 0 Å². The zero-order chi connectivity index (χ0) is 13.4. The second-order valence-corrected chi connectivity index (χ2v) is 5.12. The van der Waals surface area contributed by atoms with E-state index in [4.69, 9.17) is 5.73 Å². The molecule has 0 bridgehead atoms. The zero-order valence-corrected chi connectivity index (χ0v) is 11.5. The Morgan fingerprint density at radius 1 is 1.44 bits per heavy atom. The van der Waals surface area contributed by atoms with Gasteiger partial charge in [0.1, 0.15) is 0 Å². The lowest BCUT2D eigenvalue weighted by Crippen LogP contribution is -2.29. The van der Waals surface area contributed by atoms with Crippen molar-refractivity contribution < 1.29 is 4.79 Å². The number of thioether (sulfide) groups is 1. The third kappa shape index (κ3) is 4.82. The summed E-state index contributed by atoms with van der Waals surface area (Å²) >= 11 is 1.73. The van der Waals surface area contributed by atoms with Crippen LogP contribution >= 0.6 is 11.8 Å². The number of carbonyl (C=O) groups is 1. The number of hydrogen-bond donors (Lipinski definition) is 2. The first-order valence-electron chi connectivity index (χ1n) is 5.77. The minimum absolute atomic E-state index is 0.0470. The van der Waals surface area contributed by atoms with Crippen LogP contribution in [0, 0.1) is 11.8 Å². The predicted molar refractivity (Wildman–Crippen MR) is 77.7 cm³/mol. The molecule has 4 heteroatoms. The van der Waals surface area contributed by atoms with E-state index in [1.165, 1.54) is 0 Å². The second kappa shape index (κ2) is 7.80. The summed E-state index contributed by atoms with van der Waals surface area (Å²) < 4.78 is 0. The topological polar surface area (TPSA) is 55.1 Å². The van der Waals surface area contributed by atoms with Gasteiger partial charge in [0.15, 0.2) is 0 Å². The van der Waals surface area contributed by atoms with E-state index < -0.39 is 0 Å². The van der Waals surface area contributed by atoms with E-state index in [-0.39, 0.29) is 5.91 Å². The van der Waals surface area contributed by atoms with Crippen LogP contribution in [0.15, 0.2) is 24.3 Å². The lowest BCUT2D eigenvalue weighted by atomic mass is 10.1. The molecule has 1 aromatic carbocycles. The molecule has 1 rings (SSSR count). The summed E-state index contributed by atoms with van der Waals surface area (Å²) in [6.45, 7) is 3.10. The zero-order valence-electron chi connectivity index (χ0n) is 10.7. The molecule has 0 heterocycles. The second-order valence-electron chi connectivity index (χ2n) is 3.84. The molecule has 3 nitrogen and oxygen atoms in total. The summed E-state index contributed by atoms with van der Waals surface area (Å²) in [4.78, 5) is 11.8. The molecule has 0 fully saturated rings. The van der Waals surface area contributed by atoms with E-state index in [9.17, 15) is 4.79 Å². The summed E-state index contributed by atoms with van der Waals surface area (Å²) in [5.41, 5.74) is 6.82. The quantitative estimate of drug-likeness (QED) is 0.808. The van der Waals surface area contributed by atoms with Crippen LogP contribution in [0.1, 0.15) is 22.8 Å². The van der Waals surface area contributed by atoms with E-state index in [0.717, 1.165) is 5.56 Å². The Morgan fingerprint density at radius 2 is 2.11 bits per heavy atom. The predicted octanol–water partition coefficient (Wildman–Crippen LogP) is 1.48. The molecule has 0 aliphatic heterocycles. The van der Waals surface area contributed by atoms with Gasteiger partial charge in [0.05, 0.1) is 6.54 Å². The van der Waals surface area contributed by atoms with Crippen LogP contribution in [0.4, 0.5) is 0 Å². The standard InChI is InChI=1S/C14H18N2OS/c1-11(18-2)10-16-14(17)13-7-5-12(6-8-13)4-3-9-15/h5-8,11H,9-10,15H2,1-2H3,(H,16,17). The summed E-state index contributed by atoms with van der Waals surface area (Å²) in [5.74, 6) is 5.65. The summed E-state index contributed by atoms with van der Waals surface area (Å²) in [7, 11) is 0. The van der Waals surface area contributed by atoms with Crippen LogP contribution < -0.4 is 11.1 Å². The Kier molecular flexibility index (Phi) is 6.34. The molecule has 0 spiro atoms. The van der Waals surface area contributed by atoms with Gasteiger partial charge < -0.3 is 11.1 Å². The number of nitrogens with one attached hydrogen (secondary N) is 1. The van der Waals surface area contributed by atoms with Crippen molar-refractivity contribution in [3.8, 4) is 11.8 Å². The number of rotatable bonds is 4. The molecule has 3 N–H and O–H groups in total. The normalized spacial score (nSPS) is 11.3. The largest absolute Gasteiger partial charge is 0.351 e. The van der Waals surface area contributed by atoms with E-state index in [2.05, 4.69) is 24.1 Å². The highest BCUT2D eigenvalue weighted by molar-refractivity contribution is 7.99. The Bertz CT molecular complexity index is 445. The number of nitrogens with two attached hydrogens (primary N) is 1. The smallest absolute Gasteiger partial charge is 0.251 e. The number of carbonyl (C=O) groups excluding carboxylic acids is 1. The molecule has 96 valence electrons. The minimum Gasteiger partial charge on any atom is -0.351 e. The van der Waals surface area contributed by atoms with Gasteiger partial charge in [-0.05, 0) is 30.5 Å². The maximum atomic E-state index is 11.8. The van der Waals surface area contributed by atoms with E-state index in [1.807, 2.05) is 18.4 Å². The van der Waals surface area contributed by atoms with Gasteiger partial charge in [-0.3, -0.25) is 4.79 Å². The van der Waals surface area contributed by atoms with Gasteiger partial charge in [-0.2, -0.15) is 11.8 Å². The van der Waals surface area contributed by atoms with E-state index >= 15 is 0 Å². The first-order chi connectivity index (χ1) is 8.67. The number of hydrogen-bond acceptors (Lipinski definition) is 3. The van der Waals surface area contributed by atoms with Gasteiger partial charge in [-0.25, -0.2) is 0 Å². The molecule has 1 amide bonds. The monoisotopic (exact) mass is 262 g/mol.